The number of nitrogens with zero attached hydrogens (tertiary/aromatic N) is 2. The Balaban J connectivity index is 1.82. The summed E-state index contributed by atoms with van der Waals surface area (Å²) < 4.78 is 5.29. The highest BCUT2D eigenvalue weighted by Gasteiger charge is 2.29. The van der Waals surface area contributed by atoms with Crippen molar-refractivity contribution in [2.45, 2.75) is 44.6 Å². The number of Topliss-reactive ketones (excluding diaryl/α,β-unsaturated/α-hetero) is 1. The Morgan fingerprint density at radius 3 is 2.43 bits per heavy atom. The van der Waals surface area contributed by atoms with Crippen molar-refractivity contribution >= 4 is 23.5 Å². The lowest BCUT2D eigenvalue weighted by molar-refractivity contribution is 0.0473. The standard InChI is InChI=1S/C22H22N2O3S/c1-12-7-14(3)16(8-13(12)2)20(25)11-27-22(26)17-9-19(15-5-6-15)24-21(28-4)18(17)10-23/h7-9,15H,5-6,11H2,1-4H3. The summed E-state index contributed by atoms with van der Waals surface area (Å²) in [6.45, 7) is 5.44. The molecule has 0 saturated heterocycles. The highest BCUT2D eigenvalue weighted by Crippen LogP contribution is 2.40. The molecule has 28 heavy (non-hydrogen) atoms. The van der Waals surface area contributed by atoms with Gasteiger partial charge in [-0.25, -0.2) is 9.78 Å². The van der Waals surface area contributed by atoms with Crippen LogP contribution in [0.2, 0.25) is 0 Å². The number of carbonyl (C=O) groups excluding carboxylic acids is 2. The number of hydrogen-bond acceptors (Lipinski definition) is 6. The van der Waals surface area contributed by atoms with Crippen molar-refractivity contribution < 1.29 is 14.3 Å². The third-order valence-corrected chi connectivity index (χ3v) is 5.68. The monoisotopic (exact) mass is 394 g/mol. The van der Waals surface area contributed by atoms with Crippen LogP contribution in [0.1, 0.15) is 67.4 Å². The topological polar surface area (TPSA) is 80.0 Å². The molecular weight excluding hydrogens is 372 g/mol. The maximum atomic E-state index is 12.7. The van der Waals surface area contributed by atoms with Gasteiger partial charge in [-0.15, -0.1) is 11.8 Å². The summed E-state index contributed by atoms with van der Waals surface area (Å²) in [6.07, 6.45) is 3.89. The van der Waals surface area contributed by atoms with Gasteiger partial charge in [-0.3, -0.25) is 4.79 Å². The van der Waals surface area contributed by atoms with Gasteiger partial charge in [-0.05, 0) is 68.7 Å². The maximum absolute atomic E-state index is 12.7. The average Bonchev–Trinajstić information content (AvgIpc) is 3.52. The van der Waals surface area contributed by atoms with Gasteiger partial charge in [0.15, 0.2) is 6.61 Å². The van der Waals surface area contributed by atoms with E-state index in [1.54, 1.807) is 6.07 Å². The number of hydrogen-bond donors (Lipinski definition) is 0. The van der Waals surface area contributed by atoms with Crippen LogP contribution in [0.25, 0.3) is 0 Å². The normalized spacial score (nSPS) is 13.1. The minimum atomic E-state index is -0.661. The van der Waals surface area contributed by atoms with Crippen LogP contribution in [0.4, 0.5) is 0 Å². The molecule has 0 amide bonds. The van der Waals surface area contributed by atoms with Gasteiger partial charge in [0, 0.05) is 17.2 Å². The van der Waals surface area contributed by atoms with E-state index in [0.717, 1.165) is 35.2 Å². The van der Waals surface area contributed by atoms with E-state index in [-0.39, 0.29) is 23.5 Å². The maximum Gasteiger partial charge on any atom is 0.340 e. The first kappa shape index (κ1) is 20.1. The fraction of sp³-hybridized carbons (Fsp3) is 0.364. The van der Waals surface area contributed by atoms with Gasteiger partial charge < -0.3 is 4.74 Å². The van der Waals surface area contributed by atoms with Gasteiger partial charge in [0.05, 0.1) is 11.1 Å². The van der Waals surface area contributed by atoms with Crippen LogP contribution in [0.15, 0.2) is 23.2 Å². The van der Waals surface area contributed by atoms with Gasteiger partial charge in [0.25, 0.3) is 0 Å². The SMILES string of the molecule is CSc1nc(C2CC2)cc(C(=O)OCC(=O)c2cc(C)c(C)cc2C)c1C#N. The first-order chi connectivity index (χ1) is 13.3. The molecular formula is C22H22N2O3S. The summed E-state index contributed by atoms with van der Waals surface area (Å²) in [4.78, 5) is 29.7. The third-order valence-electron chi connectivity index (χ3n) is 5.00. The van der Waals surface area contributed by atoms with Crippen LogP contribution in [0, 0.1) is 32.1 Å². The van der Waals surface area contributed by atoms with Gasteiger partial charge >= 0.3 is 5.97 Å². The van der Waals surface area contributed by atoms with Crippen molar-refractivity contribution in [1.29, 1.82) is 5.26 Å². The first-order valence-electron chi connectivity index (χ1n) is 9.13. The summed E-state index contributed by atoms with van der Waals surface area (Å²) in [5.74, 6) is -0.579. The van der Waals surface area contributed by atoms with Crippen LogP contribution >= 0.6 is 11.8 Å². The molecule has 1 aromatic carbocycles. The van der Waals surface area contributed by atoms with Crippen LogP contribution in [0.5, 0.6) is 0 Å². The van der Waals surface area contributed by atoms with Crippen molar-refractivity contribution in [3.63, 3.8) is 0 Å². The third kappa shape index (κ3) is 4.10. The summed E-state index contributed by atoms with van der Waals surface area (Å²) in [5, 5.41) is 10.0. The van der Waals surface area contributed by atoms with Gasteiger partial charge in [-0.1, -0.05) is 6.07 Å². The number of thioether (sulfide) groups is 1. The number of aromatic nitrogens is 1. The number of esters is 1. The smallest absolute Gasteiger partial charge is 0.340 e. The van der Waals surface area contributed by atoms with Gasteiger partial charge in [0.2, 0.25) is 5.78 Å². The molecule has 0 radical (unpaired) electrons. The largest absolute Gasteiger partial charge is 0.454 e. The molecule has 144 valence electrons. The zero-order valence-corrected chi connectivity index (χ0v) is 17.3. The zero-order chi connectivity index (χ0) is 20.4. The number of nitriles is 1. The van der Waals surface area contributed by atoms with Crippen molar-refractivity contribution in [3.05, 3.63) is 57.3 Å². The minimum Gasteiger partial charge on any atom is -0.454 e. The zero-order valence-electron chi connectivity index (χ0n) is 16.5. The molecule has 6 heteroatoms. The lowest BCUT2D eigenvalue weighted by atomic mass is 9.98. The number of carbonyl (C=O) groups is 2. The second kappa shape index (κ2) is 8.15. The minimum absolute atomic E-state index is 0.188. The molecule has 1 heterocycles. The summed E-state index contributed by atoms with van der Waals surface area (Å²) in [5.41, 5.74) is 4.73. The van der Waals surface area contributed by atoms with E-state index in [9.17, 15) is 14.9 Å². The first-order valence-corrected chi connectivity index (χ1v) is 10.3. The Labute approximate surface area is 169 Å². The van der Waals surface area contributed by atoms with Crippen molar-refractivity contribution in [2.75, 3.05) is 12.9 Å². The lowest BCUT2D eigenvalue weighted by Crippen LogP contribution is -2.17. The van der Waals surface area contributed by atoms with E-state index < -0.39 is 5.97 Å². The Hall–Kier alpha value is -2.65. The summed E-state index contributed by atoms with van der Waals surface area (Å²) in [7, 11) is 0. The molecule has 0 atom stereocenters. The predicted molar refractivity (Wildman–Crippen MR) is 108 cm³/mol. The van der Waals surface area contributed by atoms with Crippen molar-refractivity contribution in [2.24, 2.45) is 0 Å². The number of rotatable bonds is 6. The molecule has 0 unspecified atom stereocenters. The molecule has 1 aromatic heterocycles. The molecule has 2 aromatic rings. The van der Waals surface area contributed by atoms with E-state index in [1.807, 2.05) is 39.2 Å². The van der Waals surface area contributed by atoms with E-state index in [0.29, 0.717) is 16.5 Å². The fourth-order valence-corrected chi connectivity index (χ4v) is 3.65. The van der Waals surface area contributed by atoms with Gasteiger partial charge in [-0.2, -0.15) is 5.26 Å². The Morgan fingerprint density at radius 1 is 1.14 bits per heavy atom. The Kier molecular flexibility index (Phi) is 5.85. The quantitative estimate of drug-likeness (QED) is 0.407. The molecule has 1 aliphatic rings. The molecule has 5 nitrogen and oxygen atoms in total. The van der Waals surface area contributed by atoms with E-state index >= 15 is 0 Å². The average molecular weight is 394 g/mol. The summed E-state index contributed by atoms with van der Waals surface area (Å²) >= 11 is 1.33. The van der Waals surface area contributed by atoms with Crippen LogP contribution in [-0.2, 0) is 4.74 Å². The lowest BCUT2D eigenvalue weighted by Gasteiger charge is -2.12. The Bertz CT molecular complexity index is 1000. The molecule has 0 aliphatic heterocycles. The van der Waals surface area contributed by atoms with E-state index in [4.69, 9.17) is 4.74 Å². The predicted octanol–water partition coefficient (Wildman–Crippen LogP) is 4.52. The highest BCUT2D eigenvalue weighted by molar-refractivity contribution is 7.98. The summed E-state index contributed by atoms with van der Waals surface area (Å²) in [6, 6.07) is 7.47. The second-order valence-electron chi connectivity index (χ2n) is 7.12. The highest BCUT2D eigenvalue weighted by atomic mass is 32.2. The van der Waals surface area contributed by atoms with E-state index in [2.05, 4.69) is 11.1 Å². The molecule has 0 bridgehead atoms. The molecule has 3 rings (SSSR count). The number of aryl methyl sites for hydroxylation is 3. The number of benzene rings is 1. The number of ketones is 1. The molecule has 0 spiro atoms. The van der Waals surface area contributed by atoms with E-state index in [1.165, 1.54) is 11.8 Å². The van der Waals surface area contributed by atoms with Crippen molar-refractivity contribution in [1.82, 2.24) is 4.98 Å². The number of ether oxygens (including phenoxy) is 1. The molecule has 0 N–H and O–H groups in total. The van der Waals surface area contributed by atoms with Crippen LogP contribution in [0.3, 0.4) is 0 Å². The van der Waals surface area contributed by atoms with Crippen molar-refractivity contribution in [3.8, 4) is 6.07 Å². The second-order valence-corrected chi connectivity index (χ2v) is 7.91. The fourth-order valence-electron chi connectivity index (χ4n) is 3.09. The Morgan fingerprint density at radius 2 is 1.82 bits per heavy atom. The number of pyridine rings is 1. The molecule has 1 fully saturated rings. The van der Waals surface area contributed by atoms with Crippen LogP contribution < -0.4 is 0 Å². The molecule has 1 aliphatic carbocycles. The van der Waals surface area contributed by atoms with Gasteiger partial charge in [0.1, 0.15) is 11.1 Å². The van der Waals surface area contributed by atoms with Crippen LogP contribution in [-0.4, -0.2) is 29.6 Å². The molecule has 1 saturated carbocycles.